The molecular weight excluding hydrogens is 290 g/mol. The molecular formula is C14H21N3O3S. The van der Waals surface area contributed by atoms with Crippen molar-refractivity contribution in [3.63, 3.8) is 0 Å². The van der Waals surface area contributed by atoms with Gasteiger partial charge in [0.2, 0.25) is 10.0 Å². The third-order valence-corrected chi connectivity index (χ3v) is 5.29. The van der Waals surface area contributed by atoms with Crippen molar-refractivity contribution >= 4 is 15.9 Å². The van der Waals surface area contributed by atoms with E-state index in [-0.39, 0.29) is 16.8 Å². The lowest BCUT2D eigenvalue weighted by Gasteiger charge is -2.31. The first kappa shape index (κ1) is 15.9. The molecule has 7 heteroatoms. The molecule has 1 fully saturated rings. The Morgan fingerprint density at radius 3 is 2.33 bits per heavy atom. The summed E-state index contributed by atoms with van der Waals surface area (Å²) in [5.41, 5.74) is 0.506. The summed E-state index contributed by atoms with van der Waals surface area (Å²) in [6.07, 6.45) is 1.88. The van der Waals surface area contributed by atoms with Gasteiger partial charge in [0.1, 0.15) is 0 Å². The Balaban J connectivity index is 2.12. The molecule has 21 heavy (non-hydrogen) atoms. The van der Waals surface area contributed by atoms with Crippen molar-refractivity contribution < 1.29 is 13.2 Å². The summed E-state index contributed by atoms with van der Waals surface area (Å²) in [7, 11) is -0.302. The predicted molar refractivity (Wildman–Crippen MR) is 80.7 cm³/mol. The fourth-order valence-corrected chi connectivity index (χ4v) is 3.19. The number of amides is 1. The van der Waals surface area contributed by atoms with Crippen molar-refractivity contribution in [3.8, 4) is 0 Å². The fourth-order valence-electron chi connectivity index (χ4n) is 2.46. The van der Waals surface area contributed by atoms with Gasteiger partial charge in [0, 0.05) is 18.7 Å². The first-order valence-electron chi connectivity index (χ1n) is 6.97. The van der Waals surface area contributed by atoms with E-state index in [1.54, 1.807) is 24.1 Å². The number of piperidine rings is 1. The van der Waals surface area contributed by atoms with Crippen LogP contribution in [0.2, 0.25) is 0 Å². The number of benzene rings is 1. The Morgan fingerprint density at radius 2 is 1.81 bits per heavy atom. The summed E-state index contributed by atoms with van der Waals surface area (Å²) in [5, 5.41) is 3.27. The lowest BCUT2D eigenvalue weighted by atomic mass is 10.0. The normalized spacial score (nSPS) is 16.7. The van der Waals surface area contributed by atoms with Crippen molar-refractivity contribution in [1.82, 2.24) is 14.9 Å². The van der Waals surface area contributed by atoms with E-state index in [4.69, 9.17) is 0 Å². The molecule has 0 aromatic heterocycles. The smallest absolute Gasteiger partial charge is 0.253 e. The van der Waals surface area contributed by atoms with E-state index < -0.39 is 10.0 Å². The van der Waals surface area contributed by atoms with Gasteiger partial charge in [0.25, 0.3) is 5.91 Å². The van der Waals surface area contributed by atoms with Crippen molar-refractivity contribution in [2.45, 2.75) is 23.8 Å². The van der Waals surface area contributed by atoms with Gasteiger partial charge in [-0.3, -0.25) is 4.79 Å². The van der Waals surface area contributed by atoms with E-state index in [9.17, 15) is 13.2 Å². The number of carbonyl (C=O) groups excluding carboxylic acids is 1. The zero-order chi connectivity index (χ0) is 15.5. The van der Waals surface area contributed by atoms with Crippen LogP contribution in [-0.4, -0.2) is 52.5 Å². The molecule has 2 rings (SSSR count). The Bertz CT molecular complexity index is 592. The van der Waals surface area contributed by atoms with Gasteiger partial charge in [-0.1, -0.05) is 0 Å². The van der Waals surface area contributed by atoms with Gasteiger partial charge < -0.3 is 10.2 Å². The number of nitrogens with zero attached hydrogens (tertiary/aromatic N) is 1. The Morgan fingerprint density at radius 1 is 1.24 bits per heavy atom. The molecule has 2 N–H and O–H groups in total. The summed E-state index contributed by atoms with van der Waals surface area (Å²) in [6.45, 7) is 1.84. The molecule has 0 unspecified atom stereocenters. The molecule has 1 aliphatic rings. The van der Waals surface area contributed by atoms with Crippen LogP contribution >= 0.6 is 0 Å². The fraction of sp³-hybridized carbons (Fsp3) is 0.500. The van der Waals surface area contributed by atoms with E-state index in [1.807, 2.05) is 0 Å². The lowest BCUT2D eigenvalue weighted by molar-refractivity contribution is 0.0703. The third kappa shape index (κ3) is 3.61. The number of carbonyl (C=O) groups is 1. The quantitative estimate of drug-likeness (QED) is 0.845. The standard InChI is InChI=1S/C14H21N3O3S/c1-15-21(19,20)13-5-3-11(4-6-13)14(18)17(2)12-7-9-16-10-8-12/h3-6,12,15-16H,7-10H2,1-2H3. The molecule has 116 valence electrons. The molecule has 1 aromatic rings. The summed E-state index contributed by atoms with van der Waals surface area (Å²) >= 11 is 0. The highest BCUT2D eigenvalue weighted by Gasteiger charge is 2.23. The van der Waals surface area contributed by atoms with E-state index in [1.165, 1.54) is 19.2 Å². The maximum Gasteiger partial charge on any atom is 0.253 e. The van der Waals surface area contributed by atoms with Crippen molar-refractivity contribution in [3.05, 3.63) is 29.8 Å². The van der Waals surface area contributed by atoms with E-state index >= 15 is 0 Å². The molecule has 0 bridgehead atoms. The third-order valence-electron chi connectivity index (χ3n) is 3.86. The largest absolute Gasteiger partial charge is 0.339 e. The molecule has 0 radical (unpaired) electrons. The van der Waals surface area contributed by atoms with E-state index in [2.05, 4.69) is 10.0 Å². The summed E-state index contributed by atoms with van der Waals surface area (Å²) in [4.78, 5) is 14.3. The molecule has 1 amide bonds. The van der Waals surface area contributed by atoms with Gasteiger partial charge in [-0.2, -0.15) is 0 Å². The first-order chi connectivity index (χ1) is 9.95. The highest BCUT2D eigenvalue weighted by Crippen LogP contribution is 2.16. The van der Waals surface area contributed by atoms with Crippen molar-refractivity contribution in [2.75, 3.05) is 27.2 Å². The molecule has 0 aliphatic carbocycles. The topological polar surface area (TPSA) is 78.5 Å². The van der Waals surface area contributed by atoms with E-state index in [0.717, 1.165) is 25.9 Å². The average molecular weight is 311 g/mol. The van der Waals surface area contributed by atoms with Gasteiger partial charge in [0.15, 0.2) is 0 Å². The number of sulfonamides is 1. The summed E-state index contributed by atoms with van der Waals surface area (Å²) in [5.74, 6) is -0.0738. The van der Waals surface area contributed by atoms with Crippen LogP contribution in [0.5, 0.6) is 0 Å². The number of hydrogen-bond donors (Lipinski definition) is 2. The zero-order valence-corrected chi connectivity index (χ0v) is 13.1. The summed E-state index contributed by atoms with van der Waals surface area (Å²) < 4.78 is 25.6. The second-order valence-corrected chi connectivity index (χ2v) is 7.02. The molecule has 1 aromatic carbocycles. The summed E-state index contributed by atoms with van der Waals surface area (Å²) in [6, 6.07) is 6.26. The van der Waals surface area contributed by atoms with Crippen LogP contribution in [0, 0.1) is 0 Å². The van der Waals surface area contributed by atoms with Gasteiger partial charge in [-0.25, -0.2) is 13.1 Å². The highest BCUT2D eigenvalue weighted by molar-refractivity contribution is 7.89. The maximum atomic E-state index is 12.4. The SMILES string of the molecule is CNS(=O)(=O)c1ccc(C(=O)N(C)C2CCNCC2)cc1. The number of hydrogen-bond acceptors (Lipinski definition) is 4. The predicted octanol–water partition coefficient (Wildman–Crippen LogP) is 0.419. The highest BCUT2D eigenvalue weighted by atomic mass is 32.2. The molecule has 6 nitrogen and oxygen atoms in total. The van der Waals surface area contributed by atoms with Crippen LogP contribution in [0.15, 0.2) is 29.2 Å². The first-order valence-corrected chi connectivity index (χ1v) is 8.45. The number of nitrogens with one attached hydrogen (secondary N) is 2. The van der Waals surface area contributed by atoms with E-state index in [0.29, 0.717) is 5.56 Å². The van der Waals surface area contributed by atoms with Crippen LogP contribution in [0.4, 0.5) is 0 Å². The molecule has 1 saturated heterocycles. The Hall–Kier alpha value is -1.44. The second-order valence-electron chi connectivity index (χ2n) is 5.13. The minimum absolute atomic E-state index is 0.0738. The van der Waals surface area contributed by atoms with Gasteiger partial charge in [-0.05, 0) is 57.2 Å². The molecule has 0 spiro atoms. The Kier molecular flexibility index (Phi) is 4.97. The van der Waals surface area contributed by atoms with Gasteiger partial charge in [0.05, 0.1) is 4.90 Å². The molecule has 1 heterocycles. The minimum Gasteiger partial charge on any atom is -0.339 e. The number of rotatable bonds is 4. The van der Waals surface area contributed by atoms with Crippen LogP contribution in [0.1, 0.15) is 23.2 Å². The maximum absolute atomic E-state index is 12.4. The average Bonchev–Trinajstić information content (AvgIpc) is 2.54. The Labute approximate surface area is 125 Å². The van der Waals surface area contributed by atoms with Crippen molar-refractivity contribution in [2.24, 2.45) is 0 Å². The van der Waals surface area contributed by atoms with Gasteiger partial charge in [-0.15, -0.1) is 0 Å². The lowest BCUT2D eigenvalue weighted by Crippen LogP contribution is -2.43. The zero-order valence-electron chi connectivity index (χ0n) is 12.3. The molecule has 0 atom stereocenters. The van der Waals surface area contributed by atoms with Crippen LogP contribution in [-0.2, 0) is 10.0 Å². The van der Waals surface area contributed by atoms with Gasteiger partial charge >= 0.3 is 0 Å². The van der Waals surface area contributed by atoms with Crippen molar-refractivity contribution in [1.29, 1.82) is 0 Å². The van der Waals surface area contributed by atoms with Crippen LogP contribution in [0.25, 0.3) is 0 Å². The molecule has 0 saturated carbocycles. The molecule has 1 aliphatic heterocycles. The monoisotopic (exact) mass is 311 g/mol. The van der Waals surface area contributed by atoms with Crippen LogP contribution in [0.3, 0.4) is 0 Å². The minimum atomic E-state index is -3.46. The second kappa shape index (κ2) is 6.55. The van der Waals surface area contributed by atoms with Crippen LogP contribution < -0.4 is 10.0 Å².